The predicted octanol–water partition coefficient (Wildman–Crippen LogP) is 1.31. The van der Waals surface area contributed by atoms with E-state index in [-0.39, 0.29) is 30.4 Å². The average molecular weight is 285 g/mol. The molecule has 0 heterocycles. The van der Waals surface area contributed by atoms with Crippen molar-refractivity contribution in [3.05, 3.63) is 28.8 Å². The fraction of sp³-hybridized carbons (Fsp3) is 0.333. The molecule has 16 heavy (non-hydrogen) atoms. The molecule has 0 unspecified atom stereocenters. The number of hydrogen-bond donors (Lipinski definition) is 2. The number of rotatable bonds is 4. The van der Waals surface area contributed by atoms with Gasteiger partial charge in [0, 0.05) is 18.1 Å². The van der Waals surface area contributed by atoms with E-state index >= 15 is 0 Å². The Morgan fingerprint density at radius 2 is 2.06 bits per heavy atom. The highest BCUT2D eigenvalue weighted by Gasteiger charge is 2.15. The highest BCUT2D eigenvalue weighted by Crippen LogP contribution is 2.19. The van der Waals surface area contributed by atoms with Gasteiger partial charge in [-0.2, -0.15) is 0 Å². The van der Waals surface area contributed by atoms with Crippen molar-refractivity contribution in [2.75, 3.05) is 13.1 Å². The van der Waals surface area contributed by atoms with Crippen molar-refractivity contribution >= 4 is 34.0 Å². The lowest BCUT2D eigenvalue weighted by molar-refractivity contribution is 0.581. The first-order chi connectivity index (χ1) is 6.97. The number of benzene rings is 1. The fourth-order valence-corrected chi connectivity index (χ4v) is 2.69. The summed E-state index contributed by atoms with van der Waals surface area (Å²) in [6.45, 7) is 2.19. The van der Waals surface area contributed by atoms with Crippen molar-refractivity contribution < 1.29 is 8.42 Å². The molecule has 0 saturated heterocycles. The minimum Gasteiger partial charge on any atom is -0.329 e. The summed E-state index contributed by atoms with van der Waals surface area (Å²) in [7, 11) is -3.49. The van der Waals surface area contributed by atoms with Gasteiger partial charge in [0.2, 0.25) is 10.0 Å². The second kappa shape index (κ2) is 6.42. The Labute approximate surface area is 107 Å². The zero-order chi connectivity index (χ0) is 11.5. The van der Waals surface area contributed by atoms with Crippen molar-refractivity contribution in [2.24, 2.45) is 5.73 Å². The van der Waals surface area contributed by atoms with Crippen LogP contribution in [-0.4, -0.2) is 21.5 Å². The van der Waals surface area contributed by atoms with Crippen LogP contribution in [0.15, 0.2) is 23.1 Å². The molecule has 7 heteroatoms. The van der Waals surface area contributed by atoms with Crippen molar-refractivity contribution in [2.45, 2.75) is 11.8 Å². The Morgan fingerprint density at radius 1 is 1.44 bits per heavy atom. The van der Waals surface area contributed by atoms with E-state index in [0.717, 1.165) is 0 Å². The maximum absolute atomic E-state index is 11.7. The van der Waals surface area contributed by atoms with Crippen LogP contribution in [0.5, 0.6) is 0 Å². The van der Waals surface area contributed by atoms with Crippen LogP contribution >= 0.6 is 24.0 Å². The third kappa shape index (κ3) is 3.92. The Balaban J connectivity index is 0.00000225. The lowest BCUT2D eigenvalue weighted by Gasteiger charge is -2.08. The van der Waals surface area contributed by atoms with E-state index in [9.17, 15) is 8.42 Å². The first-order valence-corrected chi connectivity index (χ1v) is 6.29. The normalized spacial score (nSPS) is 10.9. The van der Waals surface area contributed by atoms with Crippen molar-refractivity contribution in [3.8, 4) is 0 Å². The van der Waals surface area contributed by atoms with Crippen molar-refractivity contribution in [3.63, 3.8) is 0 Å². The summed E-state index contributed by atoms with van der Waals surface area (Å²) in [4.78, 5) is 0.198. The molecule has 3 N–H and O–H groups in total. The standard InChI is InChI=1S/C9H13ClN2O2S.ClH/c1-7-2-3-8(10)6-9(7)15(13,14)12-5-4-11;/h2-3,6,12H,4-5,11H2,1H3;1H. The van der Waals surface area contributed by atoms with E-state index in [2.05, 4.69) is 4.72 Å². The first-order valence-electron chi connectivity index (χ1n) is 4.43. The molecule has 0 bridgehead atoms. The molecule has 0 radical (unpaired) electrons. The van der Waals surface area contributed by atoms with E-state index in [1.54, 1.807) is 19.1 Å². The zero-order valence-corrected chi connectivity index (χ0v) is 11.1. The predicted molar refractivity (Wildman–Crippen MR) is 67.7 cm³/mol. The molecule has 0 saturated carbocycles. The second-order valence-corrected chi connectivity index (χ2v) is 5.27. The third-order valence-electron chi connectivity index (χ3n) is 1.88. The molecule has 0 fully saturated rings. The van der Waals surface area contributed by atoms with E-state index in [1.807, 2.05) is 0 Å². The van der Waals surface area contributed by atoms with Crippen LogP contribution in [0.4, 0.5) is 0 Å². The summed E-state index contributed by atoms with van der Waals surface area (Å²) in [5.74, 6) is 0. The van der Waals surface area contributed by atoms with Gasteiger partial charge >= 0.3 is 0 Å². The molecule has 1 aromatic rings. The largest absolute Gasteiger partial charge is 0.329 e. The Kier molecular flexibility index (Phi) is 6.28. The molecule has 0 aliphatic heterocycles. The minimum absolute atomic E-state index is 0. The van der Waals surface area contributed by atoms with Gasteiger partial charge in [0.15, 0.2) is 0 Å². The van der Waals surface area contributed by atoms with Gasteiger partial charge in [-0.05, 0) is 24.6 Å². The zero-order valence-electron chi connectivity index (χ0n) is 8.73. The van der Waals surface area contributed by atoms with Crippen LogP contribution in [0.25, 0.3) is 0 Å². The molecule has 92 valence electrons. The summed E-state index contributed by atoms with van der Waals surface area (Å²) >= 11 is 5.74. The van der Waals surface area contributed by atoms with Crippen LogP contribution in [-0.2, 0) is 10.0 Å². The minimum atomic E-state index is -3.49. The van der Waals surface area contributed by atoms with Crippen molar-refractivity contribution in [1.29, 1.82) is 0 Å². The van der Waals surface area contributed by atoms with Gasteiger partial charge in [-0.3, -0.25) is 0 Å². The van der Waals surface area contributed by atoms with E-state index in [4.69, 9.17) is 17.3 Å². The maximum Gasteiger partial charge on any atom is 0.240 e. The van der Waals surface area contributed by atoms with Gasteiger partial charge in [0.05, 0.1) is 4.90 Å². The number of nitrogens with two attached hydrogens (primary N) is 1. The lowest BCUT2D eigenvalue weighted by Crippen LogP contribution is -2.29. The number of halogens is 2. The lowest BCUT2D eigenvalue weighted by atomic mass is 10.2. The molecule has 0 spiro atoms. The van der Waals surface area contributed by atoms with Gasteiger partial charge < -0.3 is 5.73 Å². The molecule has 0 aliphatic carbocycles. The molecule has 4 nitrogen and oxygen atoms in total. The number of nitrogens with one attached hydrogen (secondary N) is 1. The molecule has 0 atom stereocenters. The third-order valence-corrected chi connectivity index (χ3v) is 3.71. The van der Waals surface area contributed by atoms with Crippen LogP contribution in [0.1, 0.15) is 5.56 Å². The quantitative estimate of drug-likeness (QED) is 0.876. The summed E-state index contributed by atoms with van der Waals surface area (Å²) in [6.07, 6.45) is 0. The van der Waals surface area contributed by atoms with Crippen LogP contribution in [0, 0.1) is 6.92 Å². The monoisotopic (exact) mass is 284 g/mol. The molecule has 0 amide bonds. The molecule has 0 aromatic heterocycles. The molecular weight excluding hydrogens is 271 g/mol. The highest BCUT2D eigenvalue weighted by atomic mass is 35.5. The molecule has 1 rings (SSSR count). The van der Waals surface area contributed by atoms with E-state index in [0.29, 0.717) is 10.6 Å². The summed E-state index contributed by atoms with van der Waals surface area (Å²) in [5, 5.41) is 0.397. The SMILES string of the molecule is Cc1ccc(Cl)cc1S(=O)(=O)NCCN.Cl. The number of hydrogen-bond acceptors (Lipinski definition) is 3. The summed E-state index contributed by atoms with van der Waals surface area (Å²) in [6, 6.07) is 4.74. The van der Waals surface area contributed by atoms with Gasteiger partial charge in [0.25, 0.3) is 0 Å². The smallest absolute Gasteiger partial charge is 0.240 e. The highest BCUT2D eigenvalue weighted by molar-refractivity contribution is 7.89. The Morgan fingerprint density at radius 3 is 2.62 bits per heavy atom. The first kappa shape index (κ1) is 15.7. The fourth-order valence-electron chi connectivity index (χ4n) is 1.13. The van der Waals surface area contributed by atoms with Crippen LogP contribution < -0.4 is 10.5 Å². The summed E-state index contributed by atoms with van der Waals surface area (Å²) < 4.78 is 25.9. The average Bonchev–Trinajstić information content (AvgIpc) is 2.18. The molecular formula is C9H14Cl2N2O2S. The van der Waals surface area contributed by atoms with Gasteiger partial charge in [-0.25, -0.2) is 13.1 Å². The van der Waals surface area contributed by atoms with Gasteiger partial charge in [0.1, 0.15) is 0 Å². The Bertz CT molecular complexity index is 449. The van der Waals surface area contributed by atoms with Crippen LogP contribution in [0.2, 0.25) is 5.02 Å². The topological polar surface area (TPSA) is 72.2 Å². The molecule has 0 aliphatic rings. The summed E-state index contributed by atoms with van der Waals surface area (Å²) in [5.41, 5.74) is 5.89. The van der Waals surface area contributed by atoms with E-state index < -0.39 is 10.0 Å². The maximum atomic E-state index is 11.7. The number of aryl methyl sites for hydroxylation is 1. The Hall–Kier alpha value is -0.330. The second-order valence-electron chi connectivity index (χ2n) is 3.10. The van der Waals surface area contributed by atoms with Crippen molar-refractivity contribution in [1.82, 2.24) is 4.72 Å². The number of sulfonamides is 1. The van der Waals surface area contributed by atoms with Gasteiger partial charge in [-0.1, -0.05) is 17.7 Å². The molecule has 1 aromatic carbocycles. The van der Waals surface area contributed by atoms with E-state index in [1.165, 1.54) is 6.07 Å². The van der Waals surface area contributed by atoms with Crippen LogP contribution in [0.3, 0.4) is 0 Å². The van der Waals surface area contributed by atoms with Gasteiger partial charge in [-0.15, -0.1) is 12.4 Å².